The lowest BCUT2D eigenvalue weighted by atomic mass is 10.0. The first-order valence-electron chi connectivity index (χ1n) is 26.4. The Morgan fingerprint density at radius 1 is 0.475 bits per heavy atom. The molecule has 1 heterocycles. The summed E-state index contributed by atoms with van der Waals surface area (Å²) in [6.45, 7) is 8.81. The number of hydrogen-bond donors (Lipinski definition) is 7. The monoisotopic (exact) mass is 1170 g/mol. The number of ether oxygens (including phenoxy) is 16. The Kier molecular flexibility index (Phi) is 42.8. The van der Waals surface area contributed by atoms with E-state index in [1.165, 1.54) is 0 Å². The fourth-order valence-corrected chi connectivity index (χ4v) is 6.33. The summed E-state index contributed by atoms with van der Waals surface area (Å²) >= 11 is 0. The highest BCUT2D eigenvalue weighted by atomic mass is 19.4. The van der Waals surface area contributed by atoms with Gasteiger partial charge in [-0.1, -0.05) is 0 Å². The lowest BCUT2D eigenvalue weighted by molar-refractivity contribution is -0.294. The van der Waals surface area contributed by atoms with Crippen molar-refractivity contribution in [3.8, 4) is 5.75 Å². The highest BCUT2D eigenvalue weighted by molar-refractivity contribution is 5.94. The third-order valence-electron chi connectivity index (χ3n) is 10.5. The first kappa shape index (κ1) is 72.1. The van der Waals surface area contributed by atoms with E-state index in [2.05, 4.69) is 16.0 Å². The predicted octanol–water partition coefficient (Wildman–Crippen LogP) is -1.03. The molecule has 7 N–H and O–H groups in total. The maximum absolute atomic E-state index is 13.7. The predicted molar refractivity (Wildman–Crippen MR) is 271 cm³/mol. The van der Waals surface area contributed by atoms with Gasteiger partial charge in [-0.3, -0.25) is 19.2 Å². The molecule has 0 saturated carbocycles. The van der Waals surface area contributed by atoms with Crippen LogP contribution in [0.5, 0.6) is 5.75 Å². The van der Waals surface area contributed by atoms with Gasteiger partial charge in [0.15, 0.2) is 12.9 Å². The summed E-state index contributed by atoms with van der Waals surface area (Å²) in [5.74, 6) is -2.87. The number of halogens is 3. The van der Waals surface area contributed by atoms with Crippen molar-refractivity contribution in [3.05, 3.63) is 29.3 Å². The van der Waals surface area contributed by atoms with Crippen LogP contribution in [0, 0.1) is 0 Å². The van der Waals surface area contributed by atoms with E-state index >= 15 is 0 Å². The fourth-order valence-electron chi connectivity index (χ4n) is 6.33. The number of rotatable bonds is 53. The van der Waals surface area contributed by atoms with Gasteiger partial charge in [0.1, 0.15) is 24.1 Å². The second-order valence-electron chi connectivity index (χ2n) is 16.9. The molecule has 5 atom stereocenters. The van der Waals surface area contributed by atoms with Crippen LogP contribution in [-0.2, 0) is 91.6 Å². The van der Waals surface area contributed by atoms with Crippen LogP contribution >= 0.6 is 0 Å². The minimum Gasteiger partial charge on any atom is -0.484 e. The van der Waals surface area contributed by atoms with Crippen LogP contribution in [0.15, 0.2) is 18.2 Å². The number of alkyl halides is 3. The molecule has 1 aromatic carbocycles. The quantitative estimate of drug-likeness (QED) is 0.0384. The summed E-state index contributed by atoms with van der Waals surface area (Å²) in [6, 6.07) is 2.48. The average molecular weight is 1170 g/mol. The Hall–Kier alpha value is -4.03. The zero-order chi connectivity index (χ0) is 58.3. The van der Waals surface area contributed by atoms with Crippen molar-refractivity contribution in [2.75, 3.05) is 205 Å². The smallest absolute Gasteiger partial charge is 0.416 e. The Labute approximate surface area is 463 Å². The van der Waals surface area contributed by atoms with Crippen LogP contribution < -0.4 is 20.7 Å². The van der Waals surface area contributed by atoms with Crippen molar-refractivity contribution < 1.29 is 129 Å². The fraction of sp³-hybridized carbons (Fsp3) is 0.800. The Bertz CT molecular complexity index is 1750. The minimum atomic E-state index is -4.79. The van der Waals surface area contributed by atoms with E-state index in [0.29, 0.717) is 98.0 Å². The number of amides is 3. The summed E-state index contributed by atoms with van der Waals surface area (Å²) in [7, 11) is 0. The van der Waals surface area contributed by atoms with Gasteiger partial charge in [0, 0.05) is 31.6 Å². The van der Waals surface area contributed by atoms with E-state index in [1.807, 2.05) is 0 Å². The molecule has 2 rings (SSSR count). The average Bonchev–Trinajstić information content (AvgIpc) is 3.45. The number of nitrogens with one attached hydrogen (secondary N) is 3. The number of carbonyl (C=O) groups excluding carboxylic acids is 3. The van der Waals surface area contributed by atoms with Gasteiger partial charge in [-0.15, -0.1) is 0 Å². The van der Waals surface area contributed by atoms with Gasteiger partial charge in [0.05, 0.1) is 196 Å². The summed E-state index contributed by atoms with van der Waals surface area (Å²) in [5.41, 5.74) is -1.45. The van der Waals surface area contributed by atoms with Crippen molar-refractivity contribution in [3.63, 3.8) is 0 Å². The topological polar surface area (TPSA) is 333 Å². The number of aliphatic hydroxyl groups is 3. The van der Waals surface area contributed by atoms with Crippen molar-refractivity contribution >= 4 is 23.7 Å². The largest absolute Gasteiger partial charge is 0.484 e. The van der Waals surface area contributed by atoms with Gasteiger partial charge < -0.3 is 112 Å². The normalized spacial score (nSPS) is 17.4. The maximum Gasteiger partial charge on any atom is 0.416 e. The number of carboxylic acids is 1. The number of carbonyl (C=O) groups is 4. The van der Waals surface area contributed by atoms with Crippen LogP contribution in [0.4, 0.5) is 13.2 Å². The van der Waals surface area contributed by atoms with Gasteiger partial charge >= 0.3 is 12.1 Å². The highest BCUT2D eigenvalue weighted by Gasteiger charge is 2.42. The summed E-state index contributed by atoms with van der Waals surface area (Å²) in [6.07, 6.45) is -10.5. The van der Waals surface area contributed by atoms with Crippen LogP contribution in [0.1, 0.15) is 35.7 Å². The third kappa shape index (κ3) is 38.6. The number of benzene rings is 1. The Balaban J connectivity index is 1.37. The number of aliphatic hydroxyl groups excluding tert-OH is 3. The van der Waals surface area contributed by atoms with E-state index in [1.54, 1.807) is 6.92 Å². The van der Waals surface area contributed by atoms with E-state index in [9.17, 15) is 47.7 Å². The molecule has 1 aliphatic rings. The molecule has 1 aliphatic heterocycles. The molecular formula is C50H84F3N3O24. The van der Waals surface area contributed by atoms with E-state index in [0.717, 1.165) is 6.07 Å². The molecule has 0 spiro atoms. The van der Waals surface area contributed by atoms with Gasteiger partial charge in [-0.25, -0.2) is 0 Å². The summed E-state index contributed by atoms with van der Waals surface area (Å²) < 4.78 is 127. The van der Waals surface area contributed by atoms with Gasteiger partial charge in [0.2, 0.25) is 5.91 Å². The van der Waals surface area contributed by atoms with E-state index in [4.69, 9.17) is 80.9 Å². The summed E-state index contributed by atoms with van der Waals surface area (Å²) in [4.78, 5) is 47.4. The molecule has 1 fully saturated rings. The Morgan fingerprint density at radius 2 is 0.850 bits per heavy atom. The molecule has 464 valence electrons. The number of aliphatic carboxylic acids is 1. The van der Waals surface area contributed by atoms with Crippen molar-refractivity contribution in [2.24, 2.45) is 0 Å². The second kappa shape index (κ2) is 47.5. The number of hydrogen-bond acceptors (Lipinski definition) is 23. The first-order valence-corrected chi connectivity index (χ1v) is 26.4. The molecular weight excluding hydrogens is 1080 g/mol. The summed E-state index contributed by atoms with van der Waals surface area (Å²) in [5, 5.41) is 45.7. The van der Waals surface area contributed by atoms with Gasteiger partial charge in [-0.2, -0.15) is 13.2 Å². The highest BCUT2D eigenvalue weighted by Crippen LogP contribution is 2.33. The molecule has 0 radical (unpaired) electrons. The molecule has 0 aliphatic carbocycles. The molecule has 3 amide bonds. The first-order chi connectivity index (χ1) is 38.7. The number of carboxylic acid groups (broad SMARTS) is 1. The van der Waals surface area contributed by atoms with Gasteiger partial charge in [-0.05, 0) is 25.1 Å². The lowest BCUT2D eigenvalue weighted by Crippen LogP contribution is -2.57. The molecule has 27 nitrogen and oxygen atoms in total. The lowest BCUT2D eigenvalue weighted by Gasteiger charge is -2.38. The van der Waals surface area contributed by atoms with Crippen LogP contribution in [0.3, 0.4) is 0 Å². The zero-order valence-electron chi connectivity index (χ0n) is 45.5. The van der Waals surface area contributed by atoms with Crippen LogP contribution in [0.25, 0.3) is 0 Å². The van der Waals surface area contributed by atoms with E-state index in [-0.39, 0.29) is 142 Å². The second-order valence-corrected chi connectivity index (χ2v) is 16.9. The molecule has 1 saturated heterocycles. The molecule has 1 aromatic rings. The molecule has 80 heavy (non-hydrogen) atoms. The van der Waals surface area contributed by atoms with Crippen LogP contribution in [0.2, 0.25) is 0 Å². The minimum absolute atomic E-state index is 0.00260. The Morgan fingerprint density at radius 3 is 1.27 bits per heavy atom. The molecule has 30 heteroatoms. The van der Waals surface area contributed by atoms with E-state index < -0.39 is 66.8 Å². The van der Waals surface area contributed by atoms with Crippen molar-refractivity contribution in [1.82, 2.24) is 16.0 Å². The molecule has 0 bridgehead atoms. The SMILES string of the molecule is C[C@@H]1O[C@@H](OCCOCCNC(=O)CCOCCOCCOCCOCCNC(=O)COc2cc(C(=O)NCCOCCOCCOCCOCCOCCOCCOCCOCCC(=O)O)cc(C(F)(F)F)c2)[C@H](O)[C@H](O)[C@H]1O. The van der Waals surface area contributed by atoms with Crippen LogP contribution in [-0.4, -0.2) is 279 Å². The zero-order valence-corrected chi connectivity index (χ0v) is 45.5. The van der Waals surface area contributed by atoms with Crippen molar-refractivity contribution in [2.45, 2.75) is 56.6 Å². The molecule has 0 aromatic heterocycles. The third-order valence-corrected chi connectivity index (χ3v) is 10.5. The van der Waals surface area contributed by atoms with Crippen molar-refractivity contribution in [1.29, 1.82) is 0 Å². The standard InChI is InChI=1S/C50H84F3N3O24/c1-38-45(61)46(62)47(63)49(80-38)78-33-32-69-9-4-54-42(57)2-7-65-12-16-70-20-22-72-18-14-67-10-5-55-43(58)37-79-41-35-39(34-40(36-41)50(51,52)53)48(64)56-6-11-68-15-19-73-23-25-75-27-29-77-31-30-76-28-26-74-24-21-71-17-13-66-8-3-44(59)60/h34-36,38,45-47,49,61-63H,2-33,37H2,1H3,(H,54,57)(H,55,58)(H,56,64)(H,59,60)/t38-,45-,46+,47+,49+/m0/s1. The maximum atomic E-state index is 13.7. The van der Waals surface area contributed by atoms with Gasteiger partial charge in [0.25, 0.3) is 11.8 Å². The molecule has 0 unspecified atom stereocenters.